The average molecular weight is 432 g/mol. The molecule has 0 amide bonds. The van der Waals surface area contributed by atoms with Crippen molar-refractivity contribution in [2.24, 2.45) is 0 Å². The minimum Gasteiger partial charge on any atom is -0.472 e. The van der Waals surface area contributed by atoms with Gasteiger partial charge in [0.1, 0.15) is 5.82 Å². The molecule has 6 heteroatoms. The molecule has 0 unspecified atom stereocenters. The summed E-state index contributed by atoms with van der Waals surface area (Å²) in [6.07, 6.45) is 12.7. The lowest BCUT2D eigenvalue weighted by atomic mass is 9.89. The van der Waals surface area contributed by atoms with Crippen LogP contribution in [-0.2, 0) is 0 Å². The summed E-state index contributed by atoms with van der Waals surface area (Å²) < 4.78 is 5.25. The molecular formula is C26H33N5O. The van der Waals surface area contributed by atoms with E-state index in [4.69, 9.17) is 10.2 Å². The van der Waals surface area contributed by atoms with Gasteiger partial charge in [-0.15, -0.1) is 0 Å². The smallest absolute Gasteiger partial charge is 0.126 e. The van der Waals surface area contributed by atoms with E-state index in [0.29, 0.717) is 18.1 Å². The van der Waals surface area contributed by atoms with Crippen LogP contribution >= 0.6 is 0 Å². The maximum Gasteiger partial charge on any atom is 0.126 e. The Labute approximate surface area is 190 Å². The van der Waals surface area contributed by atoms with Crippen molar-refractivity contribution in [3.63, 3.8) is 0 Å². The number of rotatable bonds is 6. The van der Waals surface area contributed by atoms with Crippen LogP contribution in [0.3, 0.4) is 0 Å². The van der Waals surface area contributed by atoms with Crippen LogP contribution in [0, 0.1) is 0 Å². The highest BCUT2D eigenvalue weighted by molar-refractivity contribution is 5.65. The quantitative estimate of drug-likeness (QED) is 0.482. The van der Waals surface area contributed by atoms with E-state index in [0.717, 1.165) is 35.7 Å². The predicted molar refractivity (Wildman–Crippen MR) is 131 cm³/mol. The van der Waals surface area contributed by atoms with Crippen molar-refractivity contribution in [1.29, 1.82) is 0 Å². The minimum absolute atomic E-state index is 0.391. The average Bonchev–Trinajstić information content (AvgIpc) is 3.37. The van der Waals surface area contributed by atoms with Crippen LogP contribution in [0.25, 0.3) is 11.1 Å². The molecule has 4 N–H and O–H groups in total. The van der Waals surface area contributed by atoms with Crippen LogP contribution in [0.5, 0.6) is 0 Å². The van der Waals surface area contributed by atoms with Gasteiger partial charge in [-0.05, 0) is 73.7 Å². The molecule has 1 aromatic carbocycles. The molecule has 6 nitrogen and oxygen atoms in total. The SMILES string of the molecule is Nc1ccc(N2CCC[C@H](N[C@@H]3CCCC[C@H]3Nc3cc(-c4ccoc4)ccn3)C2)cc1. The number of hydrogen-bond acceptors (Lipinski definition) is 6. The Morgan fingerprint density at radius 3 is 2.59 bits per heavy atom. The molecule has 2 fully saturated rings. The van der Waals surface area contributed by atoms with E-state index in [9.17, 15) is 0 Å². The van der Waals surface area contributed by atoms with E-state index in [1.54, 1.807) is 12.5 Å². The number of benzene rings is 1. The van der Waals surface area contributed by atoms with Gasteiger partial charge in [0.2, 0.25) is 0 Å². The fraction of sp³-hybridized carbons (Fsp3) is 0.423. The summed E-state index contributed by atoms with van der Waals surface area (Å²) in [4.78, 5) is 7.08. The predicted octanol–water partition coefficient (Wildman–Crippen LogP) is 4.91. The molecule has 1 saturated heterocycles. The van der Waals surface area contributed by atoms with Crippen molar-refractivity contribution < 1.29 is 4.42 Å². The van der Waals surface area contributed by atoms with Crippen LogP contribution in [0.4, 0.5) is 17.2 Å². The summed E-state index contributed by atoms with van der Waals surface area (Å²) in [5.74, 6) is 0.939. The molecule has 2 aliphatic rings. The summed E-state index contributed by atoms with van der Waals surface area (Å²) in [5, 5.41) is 7.75. The van der Waals surface area contributed by atoms with Gasteiger partial charge >= 0.3 is 0 Å². The van der Waals surface area contributed by atoms with Gasteiger partial charge in [-0.2, -0.15) is 0 Å². The van der Waals surface area contributed by atoms with Gasteiger partial charge in [-0.3, -0.25) is 0 Å². The third kappa shape index (κ3) is 4.91. The number of anilines is 3. The number of pyridine rings is 1. The third-order valence-corrected chi connectivity index (χ3v) is 6.84. The summed E-state index contributed by atoms with van der Waals surface area (Å²) in [7, 11) is 0. The molecule has 3 aromatic rings. The van der Waals surface area contributed by atoms with Gasteiger partial charge in [-0.25, -0.2) is 4.98 Å². The van der Waals surface area contributed by atoms with Gasteiger partial charge < -0.3 is 25.7 Å². The van der Waals surface area contributed by atoms with Gasteiger partial charge in [0.15, 0.2) is 0 Å². The molecule has 1 aliphatic carbocycles. The normalized spacial score (nSPS) is 23.8. The van der Waals surface area contributed by atoms with Gasteiger partial charge in [-0.1, -0.05) is 12.8 Å². The monoisotopic (exact) mass is 431 g/mol. The molecule has 0 spiro atoms. The lowest BCUT2D eigenvalue weighted by Crippen LogP contribution is -2.54. The Kier molecular flexibility index (Phi) is 6.30. The molecule has 3 heterocycles. The highest BCUT2D eigenvalue weighted by Crippen LogP contribution is 2.27. The molecule has 2 aromatic heterocycles. The van der Waals surface area contributed by atoms with Crippen LogP contribution in [-0.4, -0.2) is 36.2 Å². The van der Waals surface area contributed by atoms with Crippen molar-refractivity contribution in [2.75, 3.05) is 29.0 Å². The third-order valence-electron chi connectivity index (χ3n) is 6.84. The first-order valence-corrected chi connectivity index (χ1v) is 11.9. The van der Waals surface area contributed by atoms with Crippen molar-refractivity contribution in [3.05, 3.63) is 61.2 Å². The fourth-order valence-corrected chi connectivity index (χ4v) is 5.15. The first-order valence-electron chi connectivity index (χ1n) is 11.9. The Bertz CT molecular complexity index is 988. The van der Waals surface area contributed by atoms with Crippen molar-refractivity contribution >= 4 is 17.2 Å². The van der Waals surface area contributed by atoms with E-state index >= 15 is 0 Å². The molecule has 3 atom stereocenters. The summed E-state index contributed by atoms with van der Waals surface area (Å²) in [5.41, 5.74) is 10.2. The molecular weight excluding hydrogens is 398 g/mol. The molecule has 168 valence electrons. The van der Waals surface area contributed by atoms with Crippen molar-refractivity contribution in [2.45, 2.75) is 56.7 Å². The lowest BCUT2D eigenvalue weighted by molar-refractivity contribution is 0.293. The van der Waals surface area contributed by atoms with E-state index in [-0.39, 0.29) is 0 Å². The van der Waals surface area contributed by atoms with E-state index in [2.05, 4.69) is 38.7 Å². The standard InChI is InChI=1S/C26H33N5O/c27-21-7-9-23(10-8-21)31-14-3-4-22(17-31)29-24-5-1-2-6-25(24)30-26-16-19(11-13-28-26)20-12-15-32-18-20/h7-13,15-16,18,22,24-25,29H,1-6,14,17,27H2,(H,28,30)/t22-,24+,25+/m0/s1. The number of piperidine rings is 1. The molecule has 5 rings (SSSR count). The summed E-state index contributed by atoms with van der Waals surface area (Å²) in [6, 6.07) is 15.8. The zero-order valence-corrected chi connectivity index (χ0v) is 18.5. The number of nitrogens with zero attached hydrogens (tertiary/aromatic N) is 2. The number of nitrogens with two attached hydrogens (primary N) is 1. The molecule has 1 saturated carbocycles. The first kappa shape index (κ1) is 20.9. The van der Waals surface area contributed by atoms with E-state index < -0.39 is 0 Å². The second-order valence-corrected chi connectivity index (χ2v) is 9.13. The van der Waals surface area contributed by atoms with Gasteiger partial charge in [0, 0.05) is 54.4 Å². The first-order chi connectivity index (χ1) is 15.7. The topological polar surface area (TPSA) is 79.4 Å². The maximum atomic E-state index is 5.87. The molecule has 0 radical (unpaired) electrons. The van der Waals surface area contributed by atoms with Crippen LogP contribution in [0.2, 0.25) is 0 Å². The molecule has 1 aliphatic heterocycles. The second kappa shape index (κ2) is 9.65. The second-order valence-electron chi connectivity index (χ2n) is 9.13. The van der Waals surface area contributed by atoms with Crippen LogP contribution < -0.4 is 21.3 Å². The Morgan fingerprint density at radius 1 is 0.938 bits per heavy atom. The number of nitrogens with one attached hydrogen (secondary N) is 2. The van der Waals surface area contributed by atoms with Crippen molar-refractivity contribution in [1.82, 2.24) is 10.3 Å². The summed E-state index contributed by atoms with van der Waals surface area (Å²) in [6.45, 7) is 2.15. The maximum absolute atomic E-state index is 5.87. The molecule has 32 heavy (non-hydrogen) atoms. The highest BCUT2D eigenvalue weighted by Gasteiger charge is 2.29. The van der Waals surface area contributed by atoms with Crippen molar-refractivity contribution in [3.8, 4) is 11.1 Å². The number of aromatic nitrogens is 1. The summed E-state index contributed by atoms with van der Waals surface area (Å²) >= 11 is 0. The van der Waals surface area contributed by atoms with Crippen LogP contribution in [0.1, 0.15) is 38.5 Å². The minimum atomic E-state index is 0.391. The van der Waals surface area contributed by atoms with Gasteiger partial charge in [0.05, 0.1) is 12.5 Å². The Balaban J connectivity index is 1.24. The highest BCUT2D eigenvalue weighted by atomic mass is 16.3. The lowest BCUT2D eigenvalue weighted by Gasteiger charge is -2.40. The van der Waals surface area contributed by atoms with Gasteiger partial charge in [0.25, 0.3) is 0 Å². The van der Waals surface area contributed by atoms with E-state index in [1.165, 1.54) is 44.2 Å². The zero-order valence-electron chi connectivity index (χ0n) is 18.5. The number of nitrogen functional groups attached to an aromatic ring is 1. The number of hydrogen-bond donors (Lipinski definition) is 3. The Morgan fingerprint density at radius 2 is 1.78 bits per heavy atom. The Hall–Kier alpha value is -2.99. The largest absolute Gasteiger partial charge is 0.472 e. The fourth-order valence-electron chi connectivity index (χ4n) is 5.15. The van der Waals surface area contributed by atoms with E-state index in [1.807, 2.05) is 30.5 Å². The molecule has 0 bridgehead atoms. The number of furan rings is 1. The zero-order chi connectivity index (χ0) is 21.8. The van der Waals surface area contributed by atoms with Crippen LogP contribution in [0.15, 0.2) is 65.6 Å².